The van der Waals surface area contributed by atoms with Gasteiger partial charge in [-0.25, -0.2) is 0 Å². The molecule has 2 rings (SSSR count). The quantitative estimate of drug-likeness (QED) is 0.466. The normalized spacial score (nSPS) is 10.6. The molecule has 0 heterocycles. The van der Waals surface area contributed by atoms with E-state index < -0.39 is 0 Å². The van der Waals surface area contributed by atoms with Crippen LogP contribution in [-0.2, 0) is 11.3 Å². The first kappa shape index (κ1) is 21.7. The third-order valence-electron chi connectivity index (χ3n) is 3.62. The molecule has 0 bridgehead atoms. The summed E-state index contributed by atoms with van der Waals surface area (Å²) >= 11 is 0. The van der Waals surface area contributed by atoms with Gasteiger partial charge in [-0.3, -0.25) is 4.79 Å². The third-order valence-corrected chi connectivity index (χ3v) is 3.62. The number of benzene rings is 2. The monoisotopic (exact) mass is 361 g/mol. The molecular formula is C23H27N3O. The van der Waals surface area contributed by atoms with E-state index in [2.05, 4.69) is 5.32 Å². The van der Waals surface area contributed by atoms with Crippen molar-refractivity contribution in [1.82, 2.24) is 5.32 Å². The number of rotatable bonds is 6. The molecular weight excluding hydrogens is 334 g/mol. The zero-order valence-corrected chi connectivity index (χ0v) is 16.4. The number of carbonyl (C=O) groups is 1. The molecule has 1 amide bonds. The second-order valence-corrected chi connectivity index (χ2v) is 5.71. The largest absolute Gasteiger partial charge is 0.378 e. The zero-order chi connectivity index (χ0) is 20.1. The molecule has 0 radical (unpaired) electrons. The average Bonchev–Trinajstić information content (AvgIpc) is 2.72. The van der Waals surface area contributed by atoms with Gasteiger partial charge in [-0.2, -0.15) is 5.26 Å². The molecule has 0 fully saturated rings. The van der Waals surface area contributed by atoms with E-state index in [-0.39, 0.29) is 11.5 Å². The van der Waals surface area contributed by atoms with Crippen molar-refractivity contribution in [3.05, 3.63) is 83.4 Å². The highest BCUT2D eigenvalue weighted by Gasteiger charge is 2.06. The Bertz CT molecular complexity index is 798. The van der Waals surface area contributed by atoms with Crippen LogP contribution in [0.3, 0.4) is 0 Å². The van der Waals surface area contributed by atoms with Crippen LogP contribution in [0.2, 0.25) is 0 Å². The van der Waals surface area contributed by atoms with E-state index in [0.29, 0.717) is 6.54 Å². The lowest BCUT2D eigenvalue weighted by atomic mass is 10.1. The molecule has 2 aromatic carbocycles. The zero-order valence-electron chi connectivity index (χ0n) is 16.4. The van der Waals surface area contributed by atoms with Gasteiger partial charge in [0, 0.05) is 26.3 Å². The SMILES string of the molecule is CC.CN(C)c1ccc(/C=C/C=C(\C#N)C(=O)NCc2ccccc2)cc1. The molecule has 140 valence electrons. The highest BCUT2D eigenvalue weighted by molar-refractivity contribution is 5.97. The van der Waals surface area contributed by atoms with Gasteiger partial charge in [-0.1, -0.05) is 68.5 Å². The maximum atomic E-state index is 12.1. The first-order chi connectivity index (χ1) is 13.1. The maximum absolute atomic E-state index is 12.1. The van der Waals surface area contributed by atoms with Crippen LogP contribution in [0.5, 0.6) is 0 Å². The number of hydrogen-bond donors (Lipinski definition) is 1. The van der Waals surface area contributed by atoms with Crippen LogP contribution in [0.25, 0.3) is 6.08 Å². The van der Waals surface area contributed by atoms with Gasteiger partial charge in [0.05, 0.1) is 0 Å². The summed E-state index contributed by atoms with van der Waals surface area (Å²) in [6.45, 7) is 4.40. The lowest BCUT2D eigenvalue weighted by molar-refractivity contribution is -0.117. The number of anilines is 1. The Morgan fingerprint density at radius 2 is 1.70 bits per heavy atom. The molecule has 2 aromatic rings. The number of hydrogen-bond acceptors (Lipinski definition) is 3. The van der Waals surface area contributed by atoms with E-state index in [1.165, 1.54) is 6.08 Å². The summed E-state index contributed by atoms with van der Waals surface area (Å²) in [4.78, 5) is 14.1. The molecule has 0 aliphatic carbocycles. The van der Waals surface area contributed by atoms with Crippen molar-refractivity contribution in [3.8, 4) is 6.07 Å². The van der Waals surface area contributed by atoms with E-state index in [1.54, 1.807) is 6.08 Å². The minimum Gasteiger partial charge on any atom is -0.378 e. The minimum atomic E-state index is -0.376. The van der Waals surface area contributed by atoms with Crippen molar-refractivity contribution in [2.75, 3.05) is 19.0 Å². The Balaban J connectivity index is 0.00000176. The Morgan fingerprint density at radius 3 is 2.26 bits per heavy atom. The van der Waals surface area contributed by atoms with Crippen LogP contribution >= 0.6 is 0 Å². The summed E-state index contributed by atoms with van der Waals surface area (Å²) < 4.78 is 0. The van der Waals surface area contributed by atoms with E-state index in [4.69, 9.17) is 5.26 Å². The van der Waals surface area contributed by atoms with Crippen molar-refractivity contribution in [2.24, 2.45) is 0 Å². The standard InChI is InChI=1S/C21H21N3O.C2H6/c1-24(2)20-13-11-17(12-14-20)9-6-10-19(15-22)21(25)23-16-18-7-4-3-5-8-18;1-2/h3-14H,16H2,1-2H3,(H,23,25);1-2H3/b9-6+,19-10+;. The van der Waals surface area contributed by atoms with Crippen LogP contribution < -0.4 is 10.2 Å². The molecule has 0 saturated heterocycles. The number of nitrogens with one attached hydrogen (secondary N) is 1. The molecule has 0 unspecified atom stereocenters. The number of amides is 1. The highest BCUT2D eigenvalue weighted by Crippen LogP contribution is 2.13. The van der Waals surface area contributed by atoms with Crippen molar-refractivity contribution in [1.29, 1.82) is 5.26 Å². The van der Waals surface area contributed by atoms with Gasteiger partial charge >= 0.3 is 0 Å². The fourth-order valence-corrected chi connectivity index (χ4v) is 2.18. The lowest BCUT2D eigenvalue weighted by Gasteiger charge is -2.11. The summed E-state index contributed by atoms with van der Waals surface area (Å²) in [5, 5.41) is 11.9. The molecule has 4 nitrogen and oxygen atoms in total. The fourth-order valence-electron chi connectivity index (χ4n) is 2.18. The predicted octanol–water partition coefficient (Wildman–Crippen LogP) is 4.56. The lowest BCUT2D eigenvalue weighted by Crippen LogP contribution is -2.23. The van der Waals surface area contributed by atoms with E-state index in [1.807, 2.05) is 99.6 Å². The Labute approximate surface area is 162 Å². The molecule has 0 aliphatic heterocycles. The summed E-state index contributed by atoms with van der Waals surface area (Å²) in [7, 11) is 3.97. The van der Waals surface area contributed by atoms with Gasteiger partial charge in [0.25, 0.3) is 5.91 Å². The average molecular weight is 361 g/mol. The van der Waals surface area contributed by atoms with Crippen LogP contribution in [0, 0.1) is 11.3 Å². The first-order valence-electron chi connectivity index (χ1n) is 8.98. The van der Waals surface area contributed by atoms with Crippen molar-refractivity contribution >= 4 is 17.7 Å². The topological polar surface area (TPSA) is 56.1 Å². The Kier molecular flexibility index (Phi) is 9.74. The van der Waals surface area contributed by atoms with Crippen molar-refractivity contribution < 1.29 is 4.79 Å². The number of carbonyl (C=O) groups excluding carboxylic acids is 1. The number of allylic oxidation sites excluding steroid dienone is 2. The van der Waals surface area contributed by atoms with E-state index in [0.717, 1.165) is 16.8 Å². The Hall–Kier alpha value is -3.32. The molecule has 0 aromatic heterocycles. The highest BCUT2D eigenvalue weighted by atomic mass is 16.1. The van der Waals surface area contributed by atoms with Crippen molar-refractivity contribution in [3.63, 3.8) is 0 Å². The van der Waals surface area contributed by atoms with Crippen molar-refractivity contribution in [2.45, 2.75) is 20.4 Å². The van der Waals surface area contributed by atoms with Gasteiger partial charge in [0.15, 0.2) is 0 Å². The van der Waals surface area contributed by atoms with E-state index in [9.17, 15) is 4.79 Å². The van der Waals surface area contributed by atoms with Crippen LogP contribution in [-0.4, -0.2) is 20.0 Å². The molecule has 1 N–H and O–H groups in total. The van der Waals surface area contributed by atoms with Gasteiger partial charge in [-0.05, 0) is 29.3 Å². The van der Waals surface area contributed by atoms with Gasteiger partial charge in [0.1, 0.15) is 11.6 Å². The summed E-state index contributed by atoms with van der Waals surface area (Å²) in [5.41, 5.74) is 3.19. The first-order valence-corrected chi connectivity index (χ1v) is 8.98. The Morgan fingerprint density at radius 1 is 1.07 bits per heavy atom. The van der Waals surface area contributed by atoms with Gasteiger partial charge in [-0.15, -0.1) is 0 Å². The second kappa shape index (κ2) is 12.1. The molecule has 0 spiro atoms. The second-order valence-electron chi connectivity index (χ2n) is 5.71. The van der Waals surface area contributed by atoms with Gasteiger partial charge in [0.2, 0.25) is 0 Å². The number of nitriles is 1. The van der Waals surface area contributed by atoms with E-state index >= 15 is 0 Å². The predicted molar refractivity (Wildman–Crippen MR) is 113 cm³/mol. The van der Waals surface area contributed by atoms with Crippen LogP contribution in [0.15, 0.2) is 72.3 Å². The molecule has 0 saturated carbocycles. The van der Waals surface area contributed by atoms with Crippen LogP contribution in [0.4, 0.5) is 5.69 Å². The molecule has 27 heavy (non-hydrogen) atoms. The summed E-state index contributed by atoms with van der Waals surface area (Å²) in [6.07, 6.45) is 5.10. The third kappa shape index (κ3) is 7.62. The minimum absolute atomic E-state index is 0.0806. The fraction of sp³-hybridized carbons (Fsp3) is 0.217. The molecule has 0 aliphatic rings. The van der Waals surface area contributed by atoms with Gasteiger partial charge < -0.3 is 10.2 Å². The summed E-state index contributed by atoms with van der Waals surface area (Å²) in [5.74, 6) is -0.376. The molecule has 0 atom stereocenters. The summed E-state index contributed by atoms with van der Waals surface area (Å²) in [6, 6.07) is 19.5. The maximum Gasteiger partial charge on any atom is 0.262 e. The molecule has 4 heteroatoms. The smallest absolute Gasteiger partial charge is 0.262 e. The van der Waals surface area contributed by atoms with Crippen LogP contribution in [0.1, 0.15) is 25.0 Å². The number of nitrogens with zero attached hydrogens (tertiary/aromatic N) is 2.